The normalized spacial score (nSPS) is 18.5. The summed E-state index contributed by atoms with van der Waals surface area (Å²) in [5.41, 5.74) is -0.471. The lowest BCUT2D eigenvalue weighted by Crippen LogP contribution is -2.52. The molecule has 1 heterocycles. The smallest absolute Gasteiger partial charge is 0.410 e. The van der Waals surface area contributed by atoms with Crippen LogP contribution in [0.3, 0.4) is 0 Å². The first-order valence-electron chi connectivity index (χ1n) is 10.4. The van der Waals surface area contributed by atoms with Gasteiger partial charge in [0.25, 0.3) is 0 Å². The van der Waals surface area contributed by atoms with Crippen LogP contribution in [0.25, 0.3) is 0 Å². The molecule has 2 fully saturated rings. The summed E-state index contributed by atoms with van der Waals surface area (Å²) in [5, 5.41) is 3.30. The van der Waals surface area contributed by atoms with Gasteiger partial charge in [0.1, 0.15) is 5.60 Å². The summed E-state index contributed by atoms with van der Waals surface area (Å²) < 4.78 is 18.0. The van der Waals surface area contributed by atoms with Gasteiger partial charge >= 0.3 is 6.09 Å². The molecule has 0 aromatic carbocycles. The molecule has 1 aliphatic heterocycles. The van der Waals surface area contributed by atoms with Crippen molar-refractivity contribution in [3.63, 3.8) is 0 Å². The quantitative estimate of drug-likeness (QED) is 0.242. The fourth-order valence-electron chi connectivity index (χ4n) is 3.33. The minimum absolute atomic E-state index is 0. The number of halogens is 2. The van der Waals surface area contributed by atoms with Crippen LogP contribution in [0.4, 0.5) is 9.18 Å². The average molecular weight is 512 g/mol. The van der Waals surface area contributed by atoms with Crippen LogP contribution in [0.2, 0.25) is 0 Å². The molecule has 0 unspecified atom stereocenters. The van der Waals surface area contributed by atoms with Gasteiger partial charge in [-0.2, -0.15) is 0 Å². The Hall–Kier alpha value is -0.800. The number of hydrogen-bond acceptors (Lipinski definition) is 3. The number of rotatable bonds is 7. The minimum Gasteiger partial charge on any atom is -0.444 e. The van der Waals surface area contributed by atoms with Gasteiger partial charge < -0.3 is 19.9 Å². The third kappa shape index (κ3) is 8.69. The zero-order chi connectivity index (χ0) is 19.9. The predicted octanol–water partition coefficient (Wildman–Crippen LogP) is 4.04. The fraction of sp³-hybridized carbons (Fsp3) is 0.900. The highest BCUT2D eigenvalue weighted by atomic mass is 127. The molecule has 2 aliphatic rings. The van der Waals surface area contributed by atoms with Gasteiger partial charge in [-0.25, -0.2) is 4.79 Å². The lowest BCUT2D eigenvalue weighted by Gasteiger charge is -2.40. The molecule has 6 nitrogen and oxygen atoms in total. The third-order valence-electron chi connectivity index (χ3n) is 4.87. The zero-order valence-electron chi connectivity index (χ0n) is 17.9. The second kappa shape index (κ2) is 12.0. The van der Waals surface area contributed by atoms with Gasteiger partial charge in [0.05, 0.1) is 6.67 Å². The number of piperidine rings is 1. The maximum Gasteiger partial charge on any atom is 0.410 e. The largest absolute Gasteiger partial charge is 0.444 e. The summed E-state index contributed by atoms with van der Waals surface area (Å²) >= 11 is 0. The Kier molecular flexibility index (Phi) is 10.8. The van der Waals surface area contributed by atoms with Crippen molar-refractivity contribution in [2.45, 2.75) is 71.4 Å². The van der Waals surface area contributed by atoms with E-state index in [0.717, 1.165) is 45.0 Å². The molecule has 8 heteroatoms. The van der Waals surface area contributed by atoms with Crippen LogP contribution in [0, 0.1) is 5.92 Å². The molecule has 1 aliphatic carbocycles. The van der Waals surface area contributed by atoms with E-state index in [9.17, 15) is 9.18 Å². The number of guanidine groups is 1. The number of carbonyl (C=O) groups excluding carboxylic acids is 1. The van der Waals surface area contributed by atoms with Crippen molar-refractivity contribution < 1.29 is 13.9 Å². The van der Waals surface area contributed by atoms with Gasteiger partial charge in [-0.05, 0) is 65.7 Å². The molecule has 0 radical (unpaired) electrons. The summed E-state index contributed by atoms with van der Waals surface area (Å²) in [6.45, 7) is 11.2. The van der Waals surface area contributed by atoms with Crippen molar-refractivity contribution >= 4 is 36.0 Å². The van der Waals surface area contributed by atoms with Crippen LogP contribution in [0.1, 0.15) is 59.8 Å². The van der Waals surface area contributed by atoms with E-state index in [-0.39, 0.29) is 42.8 Å². The number of likely N-dealkylation sites (tertiary alicyclic amines) is 1. The van der Waals surface area contributed by atoms with Crippen LogP contribution in [-0.4, -0.2) is 72.9 Å². The molecule has 1 amide bonds. The molecule has 1 N–H and O–H groups in total. The van der Waals surface area contributed by atoms with Crippen molar-refractivity contribution in [2.75, 3.05) is 39.4 Å². The number of aliphatic imine (C=N–C) groups is 1. The van der Waals surface area contributed by atoms with Crippen molar-refractivity contribution in [3.05, 3.63) is 0 Å². The van der Waals surface area contributed by atoms with E-state index in [2.05, 4.69) is 15.2 Å². The first-order valence-corrected chi connectivity index (χ1v) is 10.4. The summed E-state index contributed by atoms with van der Waals surface area (Å²) in [4.78, 5) is 21.4. The fourth-order valence-corrected chi connectivity index (χ4v) is 3.33. The lowest BCUT2D eigenvalue weighted by atomic mass is 10.0. The van der Waals surface area contributed by atoms with Crippen LogP contribution in [0.5, 0.6) is 0 Å². The van der Waals surface area contributed by atoms with Gasteiger partial charge in [0.15, 0.2) is 5.96 Å². The number of alkyl halides is 1. The van der Waals surface area contributed by atoms with Crippen molar-refractivity contribution in [1.29, 1.82) is 0 Å². The first kappa shape index (κ1) is 25.2. The summed E-state index contributed by atoms with van der Waals surface area (Å²) in [6, 6.07) is 0.213. The van der Waals surface area contributed by atoms with Gasteiger partial charge in [-0.15, -0.1) is 24.0 Å². The molecular weight excluding hydrogens is 474 g/mol. The molecule has 1 saturated carbocycles. The van der Waals surface area contributed by atoms with E-state index >= 15 is 0 Å². The number of ether oxygens (including phenoxy) is 1. The van der Waals surface area contributed by atoms with Crippen LogP contribution >= 0.6 is 24.0 Å². The Balaban J connectivity index is 0.00000392. The van der Waals surface area contributed by atoms with Gasteiger partial charge in [0, 0.05) is 38.8 Å². The van der Waals surface area contributed by atoms with E-state index < -0.39 is 5.60 Å². The van der Waals surface area contributed by atoms with Crippen LogP contribution in [-0.2, 0) is 4.74 Å². The molecule has 0 aromatic rings. The van der Waals surface area contributed by atoms with E-state index in [1.165, 1.54) is 12.8 Å². The number of hydrogen-bond donors (Lipinski definition) is 1. The highest BCUT2D eigenvalue weighted by Gasteiger charge is 2.35. The molecule has 2 rings (SSSR count). The monoisotopic (exact) mass is 512 g/mol. The van der Waals surface area contributed by atoms with E-state index in [0.29, 0.717) is 18.9 Å². The molecule has 0 spiro atoms. The lowest BCUT2D eigenvalue weighted by molar-refractivity contribution is 0.00928. The summed E-state index contributed by atoms with van der Waals surface area (Å²) in [7, 11) is 0. The highest BCUT2D eigenvalue weighted by molar-refractivity contribution is 14.0. The Morgan fingerprint density at radius 2 is 1.89 bits per heavy atom. The van der Waals surface area contributed by atoms with Crippen LogP contribution in [0.15, 0.2) is 4.99 Å². The van der Waals surface area contributed by atoms with Crippen LogP contribution < -0.4 is 5.32 Å². The molecular formula is C20H38FIN4O2. The molecule has 1 saturated heterocycles. The number of nitrogens with one attached hydrogen (secondary N) is 1. The minimum atomic E-state index is -0.471. The molecule has 0 aromatic heterocycles. The molecule has 0 atom stereocenters. The Bertz CT molecular complexity index is 501. The van der Waals surface area contributed by atoms with E-state index in [1.54, 1.807) is 0 Å². The Morgan fingerprint density at radius 3 is 2.39 bits per heavy atom. The van der Waals surface area contributed by atoms with Crippen molar-refractivity contribution in [1.82, 2.24) is 15.1 Å². The van der Waals surface area contributed by atoms with Gasteiger partial charge in [-0.3, -0.25) is 9.38 Å². The topological polar surface area (TPSA) is 57.2 Å². The van der Waals surface area contributed by atoms with Gasteiger partial charge in [0.2, 0.25) is 0 Å². The Labute approximate surface area is 186 Å². The van der Waals surface area contributed by atoms with Crippen molar-refractivity contribution in [2.24, 2.45) is 10.9 Å². The molecule has 164 valence electrons. The zero-order valence-corrected chi connectivity index (χ0v) is 20.2. The van der Waals surface area contributed by atoms with E-state index in [4.69, 9.17) is 4.74 Å². The van der Waals surface area contributed by atoms with Crippen molar-refractivity contribution in [3.8, 4) is 0 Å². The molecule has 0 bridgehead atoms. The second-order valence-electron chi connectivity index (χ2n) is 8.57. The van der Waals surface area contributed by atoms with E-state index in [1.807, 2.05) is 32.6 Å². The summed E-state index contributed by atoms with van der Waals surface area (Å²) in [5.74, 6) is 1.49. The third-order valence-corrected chi connectivity index (χ3v) is 4.87. The number of nitrogens with zero attached hydrogens (tertiary/aromatic N) is 3. The number of carbonyl (C=O) groups is 1. The first-order chi connectivity index (χ1) is 12.8. The second-order valence-corrected chi connectivity index (χ2v) is 8.57. The maximum absolute atomic E-state index is 12.7. The standard InChI is InChI=1S/C20H37FN4O2.HI/c1-5-22-18(23-12-6-11-21)24-13-9-17(10-14-24)25(15-16-7-8-16)19(26)27-20(2,3)4;/h16-17H,5-15H2,1-4H3,(H,22,23);1H. The SMILES string of the molecule is CCNC(=NCCCF)N1CCC(N(CC2CC2)C(=O)OC(C)(C)C)CC1.I. The maximum atomic E-state index is 12.7. The predicted molar refractivity (Wildman–Crippen MR) is 122 cm³/mol. The summed E-state index contributed by atoms with van der Waals surface area (Å²) in [6.07, 6.45) is 4.50. The average Bonchev–Trinajstić information content (AvgIpc) is 3.42. The van der Waals surface area contributed by atoms with Gasteiger partial charge in [-0.1, -0.05) is 0 Å². The Morgan fingerprint density at radius 1 is 1.25 bits per heavy atom. The molecule has 28 heavy (non-hydrogen) atoms. The number of amides is 1. The highest BCUT2D eigenvalue weighted by Crippen LogP contribution is 2.32.